The van der Waals surface area contributed by atoms with Crippen LogP contribution in [0.3, 0.4) is 0 Å². The van der Waals surface area contributed by atoms with Gasteiger partial charge in [-0.3, -0.25) is 4.79 Å². The molecule has 5 heteroatoms. The summed E-state index contributed by atoms with van der Waals surface area (Å²) < 4.78 is 13.5. The number of carbonyl (C=O) groups is 1. The Morgan fingerprint density at radius 3 is 2.95 bits per heavy atom. The summed E-state index contributed by atoms with van der Waals surface area (Å²) in [5.74, 6) is -0.0590. The lowest BCUT2D eigenvalue weighted by molar-refractivity contribution is 0.0661. The van der Waals surface area contributed by atoms with Gasteiger partial charge in [-0.2, -0.15) is 0 Å². The molecule has 1 aromatic carbocycles. The first-order valence-corrected chi connectivity index (χ1v) is 7.28. The molecule has 1 amide bonds. The molecule has 1 fully saturated rings. The smallest absolute Gasteiger partial charge is 0.253 e. The highest BCUT2D eigenvalue weighted by molar-refractivity contribution is 9.10. The van der Waals surface area contributed by atoms with Gasteiger partial charge in [0, 0.05) is 24.7 Å². The standard InChI is InChI=1S/C14H18BrFN2O/c1-9(17)11-3-2-6-18(8-11)14(19)10-4-5-13(16)12(15)7-10/h4-5,7,9,11H,2-3,6,8,17H2,1H3/t9-,11-/m1/s1. The summed E-state index contributed by atoms with van der Waals surface area (Å²) in [6.07, 6.45) is 2.04. The first-order valence-electron chi connectivity index (χ1n) is 6.49. The summed E-state index contributed by atoms with van der Waals surface area (Å²) in [7, 11) is 0. The van der Waals surface area contributed by atoms with E-state index < -0.39 is 0 Å². The van der Waals surface area contributed by atoms with E-state index in [4.69, 9.17) is 5.73 Å². The molecule has 1 aromatic rings. The van der Waals surface area contributed by atoms with Gasteiger partial charge in [-0.25, -0.2) is 4.39 Å². The average Bonchev–Trinajstić information content (AvgIpc) is 2.41. The number of hydrogen-bond acceptors (Lipinski definition) is 2. The molecule has 0 aromatic heterocycles. The topological polar surface area (TPSA) is 46.3 Å². The van der Waals surface area contributed by atoms with Crippen LogP contribution in [0.25, 0.3) is 0 Å². The highest BCUT2D eigenvalue weighted by Gasteiger charge is 2.26. The molecule has 0 aliphatic carbocycles. The molecule has 104 valence electrons. The number of hydrogen-bond donors (Lipinski definition) is 1. The summed E-state index contributed by atoms with van der Waals surface area (Å²) in [6.45, 7) is 3.41. The molecular formula is C14H18BrFN2O. The van der Waals surface area contributed by atoms with Gasteiger partial charge in [0.15, 0.2) is 0 Å². The average molecular weight is 329 g/mol. The molecule has 1 aliphatic rings. The van der Waals surface area contributed by atoms with Crippen molar-refractivity contribution in [3.63, 3.8) is 0 Å². The first kappa shape index (κ1) is 14.5. The summed E-state index contributed by atoms with van der Waals surface area (Å²) >= 11 is 3.11. The molecule has 0 unspecified atom stereocenters. The number of benzene rings is 1. The van der Waals surface area contributed by atoms with Crippen molar-refractivity contribution in [3.8, 4) is 0 Å². The zero-order chi connectivity index (χ0) is 14.0. The van der Waals surface area contributed by atoms with E-state index in [1.54, 1.807) is 0 Å². The van der Waals surface area contributed by atoms with Crippen molar-refractivity contribution in [2.45, 2.75) is 25.8 Å². The van der Waals surface area contributed by atoms with Crippen molar-refractivity contribution < 1.29 is 9.18 Å². The fourth-order valence-corrected chi connectivity index (χ4v) is 2.81. The van der Waals surface area contributed by atoms with E-state index in [1.807, 2.05) is 11.8 Å². The van der Waals surface area contributed by atoms with Crippen LogP contribution in [0.4, 0.5) is 4.39 Å². The van der Waals surface area contributed by atoms with Gasteiger partial charge in [0.05, 0.1) is 4.47 Å². The van der Waals surface area contributed by atoms with Crippen molar-refractivity contribution in [3.05, 3.63) is 34.1 Å². The van der Waals surface area contributed by atoms with Gasteiger partial charge in [0.2, 0.25) is 0 Å². The molecule has 1 saturated heterocycles. The van der Waals surface area contributed by atoms with E-state index in [0.717, 1.165) is 19.4 Å². The third-order valence-electron chi connectivity index (χ3n) is 3.66. The molecule has 0 spiro atoms. The van der Waals surface area contributed by atoms with Crippen molar-refractivity contribution in [2.24, 2.45) is 11.7 Å². The Morgan fingerprint density at radius 1 is 1.58 bits per heavy atom. The monoisotopic (exact) mass is 328 g/mol. The number of piperidine rings is 1. The number of likely N-dealkylation sites (tertiary alicyclic amines) is 1. The zero-order valence-electron chi connectivity index (χ0n) is 10.9. The Bertz CT molecular complexity index is 479. The Labute approximate surface area is 121 Å². The Balaban J connectivity index is 2.12. The molecule has 0 saturated carbocycles. The molecule has 0 bridgehead atoms. The molecule has 19 heavy (non-hydrogen) atoms. The predicted octanol–water partition coefficient (Wildman–Crippen LogP) is 2.79. The van der Waals surface area contributed by atoms with Gasteiger partial charge < -0.3 is 10.6 Å². The van der Waals surface area contributed by atoms with E-state index in [2.05, 4.69) is 15.9 Å². The zero-order valence-corrected chi connectivity index (χ0v) is 12.5. The number of nitrogens with zero attached hydrogens (tertiary/aromatic N) is 1. The SMILES string of the molecule is C[C@@H](N)[C@@H]1CCCN(C(=O)c2ccc(F)c(Br)c2)C1. The minimum absolute atomic E-state index is 0.0500. The lowest BCUT2D eigenvalue weighted by Crippen LogP contribution is -2.45. The summed E-state index contributed by atoms with van der Waals surface area (Å²) in [5, 5.41) is 0. The minimum atomic E-state index is -0.358. The van der Waals surface area contributed by atoms with Crippen LogP contribution >= 0.6 is 15.9 Å². The van der Waals surface area contributed by atoms with Crippen LogP contribution in [-0.4, -0.2) is 29.9 Å². The maximum absolute atomic E-state index is 13.2. The lowest BCUT2D eigenvalue weighted by atomic mass is 9.92. The molecular weight excluding hydrogens is 311 g/mol. The number of nitrogens with two attached hydrogens (primary N) is 1. The molecule has 0 radical (unpaired) electrons. The first-order chi connectivity index (χ1) is 8.99. The summed E-state index contributed by atoms with van der Waals surface area (Å²) in [5.41, 5.74) is 6.43. The lowest BCUT2D eigenvalue weighted by Gasteiger charge is -2.34. The van der Waals surface area contributed by atoms with E-state index >= 15 is 0 Å². The second-order valence-electron chi connectivity index (χ2n) is 5.14. The molecule has 2 rings (SSSR count). The van der Waals surface area contributed by atoms with Crippen LogP contribution in [-0.2, 0) is 0 Å². The fourth-order valence-electron chi connectivity index (χ4n) is 2.44. The Kier molecular flexibility index (Phi) is 4.58. The van der Waals surface area contributed by atoms with Crippen molar-refractivity contribution in [2.75, 3.05) is 13.1 Å². The van der Waals surface area contributed by atoms with Gasteiger partial charge in [-0.05, 0) is 59.8 Å². The fraction of sp³-hybridized carbons (Fsp3) is 0.500. The number of halogens is 2. The van der Waals surface area contributed by atoms with Gasteiger partial charge in [0.25, 0.3) is 5.91 Å². The van der Waals surface area contributed by atoms with Gasteiger partial charge in [-0.1, -0.05) is 0 Å². The largest absolute Gasteiger partial charge is 0.338 e. The normalized spacial score (nSPS) is 21.3. The quantitative estimate of drug-likeness (QED) is 0.907. The summed E-state index contributed by atoms with van der Waals surface area (Å²) in [4.78, 5) is 14.2. The van der Waals surface area contributed by atoms with Crippen LogP contribution in [0.15, 0.2) is 22.7 Å². The van der Waals surface area contributed by atoms with Crippen LogP contribution in [0, 0.1) is 11.7 Å². The van der Waals surface area contributed by atoms with Crippen molar-refractivity contribution >= 4 is 21.8 Å². The predicted molar refractivity (Wildman–Crippen MR) is 76.4 cm³/mol. The molecule has 3 nitrogen and oxygen atoms in total. The van der Waals surface area contributed by atoms with Crippen LogP contribution < -0.4 is 5.73 Å². The number of carbonyl (C=O) groups excluding carboxylic acids is 1. The molecule has 2 atom stereocenters. The Hall–Kier alpha value is -0.940. The number of rotatable bonds is 2. The third kappa shape index (κ3) is 3.34. The van der Waals surface area contributed by atoms with Crippen molar-refractivity contribution in [1.82, 2.24) is 4.90 Å². The maximum Gasteiger partial charge on any atom is 0.253 e. The molecule has 2 N–H and O–H groups in total. The van der Waals surface area contributed by atoms with Crippen LogP contribution in [0.1, 0.15) is 30.1 Å². The third-order valence-corrected chi connectivity index (χ3v) is 4.26. The summed E-state index contributed by atoms with van der Waals surface area (Å²) in [6, 6.07) is 4.46. The molecule has 1 heterocycles. The van der Waals surface area contributed by atoms with Crippen LogP contribution in [0.2, 0.25) is 0 Å². The van der Waals surface area contributed by atoms with Gasteiger partial charge in [-0.15, -0.1) is 0 Å². The highest BCUT2D eigenvalue weighted by atomic mass is 79.9. The van der Waals surface area contributed by atoms with Crippen LogP contribution in [0.5, 0.6) is 0 Å². The van der Waals surface area contributed by atoms with E-state index in [1.165, 1.54) is 18.2 Å². The Morgan fingerprint density at radius 2 is 2.32 bits per heavy atom. The molecule has 1 aliphatic heterocycles. The highest BCUT2D eigenvalue weighted by Crippen LogP contribution is 2.22. The van der Waals surface area contributed by atoms with Gasteiger partial charge in [0.1, 0.15) is 5.82 Å². The second-order valence-corrected chi connectivity index (χ2v) is 6.00. The number of amides is 1. The van der Waals surface area contributed by atoms with Crippen molar-refractivity contribution in [1.29, 1.82) is 0 Å². The van der Waals surface area contributed by atoms with E-state index in [9.17, 15) is 9.18 Å². The minimum Gasteiger partial charge on any atom is -0.338 e. The van der Waals surface area contributed by atoms with E-state index in [-0.39, 0.29) is 17.8 Å². The van der Waals surface area contributed by atoms with E-state index in [0.29, 0.717) is 22.5 Å². The second kappa shape index (κ2) is 6.01. The van der Waals surface area contributed by atoms with Gasteiger partial charge >= 0.3 is 0 Å². The maximum atomic E-state index is 13.2.